The van der Waals surface area contributed by atoms with Crippen LogP contribution in [0, 0.1) is 6.92 Å². The summed E-state index contributed by atoms with van der Waals surface area (Å²) in [6.45, 7) is 2.53. The van der Waals surface area contributed by atoms with Gasteiger partial charge < -0.3 is 14.6 Å². The Morgan fingerprint density at radius 3 is 2.65 bits per heavy atom. The van der Waals surface area contributed by atoms with Gasteiger partial charge in [0.2, 0.25) is 5.91 Å². The maximum absolute atomic E-state index is 13.1. The molecule has 1 N–H and O–H groups in total. The van der Waals surface area contributed by atoms with Gasteiger partial charge in [-0.05, 0) is 31.4 Å². The molecule has 0 aliphatic carbocycles. The first-order valence-electron chi connectivity index (χ1n) is 10.6. The average molecular weight is 418 g/mol. The third kappa shape index (κ3) is 4.53. The van der Waals surface area contributed by atoms with Crippen LogP contribution < -0.4 is 10.3 Å². The lowest BCUT2D eigenvalue weighted by Crippen LogP contribution is -2.34. The minimum atomic E-state index is -0.209. The molecule has 1 fully saturated rings. The second-order valence-corrected chi connectivity index (χ2v) is 7.91. The van der Waals surface area contributed by atoms with Gasteiger partial charge >= 0.3 is 0 Å². The molecule has 0 saturated carbocycles. The van der Waals surface area contributed by atoms with Crippen molar-refractivity contribution >= 4 is 5.91 Å². The Hall–Kier alpha value is -3.41. The maximum atomic E-state index is 13.1. The summed E-state index contributed by atoms with van der Waals surface area (Å²) in [6, 6.07) is 17.2. The Morgan fingerprint density at radius 2 is 1.90 bits per heavy atom. The normalized spacial score (nSPS) is 15.8. The van der Waals surface area contributed by atoms with E-state index < -0.39 is 0 Å². The monoisotopic (exact) mass is 417 g/mol. The van der Waals surface area contributed by atoms with Crippen molar-refractivity contribution in [1.29, 1.82) is 0 Å². The van der Waals surface area contributed by atoms with E-state index in [4.69, 9.17) is 9.72 Å². The molecule has 0 radical (unpaired) electrons. The first kappa shape index (κ1) is 20.8. The first-order chi connectivity index (χ1) is 15.1. The number of hydrogen-bond donors (Lipinski definition) is 1. The fourth-order valence-electron chi connectivity index (χ4n) is 4.26. The minimum absolute atomic E-state index is 0.0145. The second kappa shape index (κ2) is 9.16. The molecule has 6 nitrogen and oxygen atoms in total. The number of amides is 1. The molecule has 0 bridgehead atoms. The molecular formula is C25H27N3O3. The number of likely N-dealkylation sites (tertiary alicyclic amines) is 1. The van der Waals surface area contributed by atoms with Crippen molar-refractivity contribution in [3.05, 3.63) is 93.2 Å². The molecule has 1 aliphatic rings. The summed E-state index contributed by atoms with van der Waals surface area (Å²) in [5.41, 5.74) is 3.18. The third-order valence-corrected chi connectivity index (χ3v) is 5.89. The van der Waals surface area contributed by atoms with Crippen LogP contribution >= 0.6 is 0 Å². The smallest absolute Gasteiger partial charge is 0.254 e. The number of aryl methyl sites for hydroxylation is 1. The summed E-state index contributed by atoms with van der Waals surface area (Å²) in [6.07, 6.45) is 2.47. The molecule has 1 atom stereocenters. The van der Waals surface area contributed by atoms with E-state index in [1.807, 2.05) is 66.4 Å². The number of para-hydroxylation sites is 1. The predicted octanol–water partition coefficient (Wildman–Crippen LogP) is 3.58. The van der Waals surface area contributed by atoms with Gasteiger partial charge in [-0.2, -0.15) is 0 Å². The summed E-state index contributed by atoms with van der Waals surface area (Å²) in [5.74, 6) is 1.30. The van der Waals surface area contributed by atoms with Crippen LogP contribution in [0.3, 0.4) is 0 Å². The standard InChI is InChI=1S/C25H27N3O3/c1-17-20(15-18-9-4-3-5-10-18)25(30)27-24(26-17)21-12-8-14-28(21)23(29)16-19-11-6-7-13-22(19)31-2/h3-7,9-11,13,21H,8,12,14-16H2,1-2H3,(H,26,27,30)/t21-/m1/s1. The first-order valence-corrected chi connectivity index (χ1v) is 10.6. The van der Waals surface area contributed by atoms with E-state index in [-0.39, 0.29) is 23.9 Å². The number of aromatic nitrogens is 2. The van der Waals surface area contributed by atoms with Crippen molar-refractivity contribution in [3.8, 4) is 5.75 Å². The fraction of sp³-hybridized carbons (Fsp3) is 0.320. The van der Waals surface area contributed by atoms with Crippen LogP contribution in [-0.4, -0.2) is 34.4 Å². The van der Waals surface area contributed by atoms with Crippen molar-refractivity contribution in [2.24, 2.45) is 0 Å². The number of nitrogens with zero attached hydrogens (tertiary/aromatic N) is 2. The zero-order valence-corrected chi connectivity index (χ0v) is 17.9. The van der Waals surface area contributed by atoms with Gasteiger partial charge in [-0.3, -0.25) is 9.59 Å². The quantitative estimate of drug-likeness (QED) is 0.665. The highest BCUT2D eigenvalue weighted by Gasteiger charge is 2.32. The van der Waals surface area contributed by atoms with Gasteiger partial charge in [0.25, 0.3) is 5.56 Å². The van der Waals surface area contributed by atoms with Crippen molar-refractivity contribution in [3.63, 3.8) is 0 Å². The lowest BCUT2D eigenvalue weighted by molar-refractivity contribution is -0.131. The van der Waals surface area contributed by atoms with Gasteiger partial charge in [-0.25, -0.2) is 4.98 Å². The zero-order chi connectivity index (χ0) is 21.8. The summed E-state index contributed by atoms with van der Waals surface area (Å²) in [4.78, 5) is 35.5. The van der Waals surface area contributed by atoms with E-state index in [9.17, 15) is 9.59 Å². The predicted molar refractivity (Wildman–Crippen MR) is 119 cm³/mol. The number of carbonyl (C=O) groups excluding carboxylic acids is 1. The van der Waals surface area contributed by atoms with Crippen LogP contribution in [-0.2, 0) is 17.6 Å². The molecule has 0 spiro atoms. The second-order valence-electron chi connectivity index (χ2n) is 7.91. The van der Waals surface area contributed by atoms with Crippen LogP contribution in [0.25, 0.3) is 0 Å². The summed E-state index contributed by atoms with van der Waals surface area (Å²) in [7, 11) is 1.61. The SMILES string of the molecule is COc1ccccc1CC(=O)N1CCC[C@@H]1c1nc(C)c(Cc2ccccc2)c(=O)[nH]1. The summed E-state index contributed by atoms with van der Waals surface area (Å²) < 4.78 is 5.38. The lowest BCUT2D eigenvalue weighted by atomic mass is 10.0. The molecule has 160 valence electrons. The van der Waals surface area contributed by atoms with Crippen molar-refractivity contribution in [1.82, 2.24) is 14.9 Å². The number of benzene rings is 2. The maximum Gasteiger partial charge on any atom is 0.254 e. The molecule has 31 heavy (non-hydrogen) atoms. The Morgan fingerprint density at radius 1 is 1.16 bits per heavy atom. The van der Waals surface area contributed by atoms with Gasteiger partial charge in [0.05, 0.1) is 19.6 Å². The van der Waals surface area contributed by atoms with Crippen LogP contribution in [0.1, 0.15) is 47.1 Å². The van der Waals surface area contributed by atoms with E-state index in [0.717, 1.165) is 24.0 Å². The van der Waals surface area contributed by atoms with Gasteiger partial charge in [-0.1, -0.05) is 48.5 Å². The Kier molecular flexibility index (Phi) is 6.16. The molecule has 1 aromatic heterocycles. The topological polar surface area (TPSA) is 75.3 Å². The Balaban J connectivity index is 1.55. The van der Waals surface area contributed by atoms with Crippen LogP contribution in [0.15, 0.2) is 59.4 Å². The molecule has 0 unspecified atom stereocenters. The van der Waals surface area contributed by atoms with Crippen LogP contribution in [0.2, 0.25) is 0 Å². The highest BCUT2D eigenvalue weighted by atomic mass is 16.5. The molecule has 1 saturated heterocycles. The van der Waals surface area contributed by atoms with Crippen LogP contribution in [0.5, 0.6) is 5.75 Å². The van der Waals surface area contributed by atoms with E-state index in [1.54, 1.807) is 7.11 Å². The molecule has 2 aromatic carbocycles. The van der Waals surface area contributed by atoms with E-state index in [0.29, 0.717) is 35.8 Å². The number of carbonyl (C=O) groups is 1. The molecule has 3 aromatic rings. The summed E-state index contributed by atoms with van der Waals surface area (Å²) in [5, 5.41) is 0. The number of ether oxygens (including phenoxy) is 1. The number of nitrogens with one attached hydrogen (secondary N) is 1. The van der Waals surface area contributed by atoms with Crippen molar-refractivity contribution in [2.45, 2.75) is 38.6 Å². The zero-order valence-electron chi connectivity index (χ0n) is 17.9. The summed E-state index contributed by atoms with van der Waals surface area (Å²) >= 11 is 0. The van der Waals surface area contributed by atoms with Crippen molar-refractivity contribution in [2.75, 3.05) is 13.7 Å². The van der Waals surface area contributed by atoms with Gasteiger partial charge in [0.1, 0.15) is 11.6 Å². The van der Waals surface area contributed by atoms with Crippen LogP contribution in [0.4, 0.5) is 0 Å². The highest BCUT2D eigenvalue weighted by Crippen LogP contribution is 2.31. The molecule has 6 heteroatoms. The number of H-pyrrole nitrogens is 1. The lowest BCUT2D eigenvalue weighted by Gasteiger charge is -2.25. The van der Waals surface area contributed by atoms with E-state index in [2.05, 4.69) is 4.98 Å². The average Bonchev–Trinajstić information content (AvgIpc) is 3.27. The van der Waals surface area contributed by atoms with Gasteiger partial charge in [-0.15, -0.1) is 0 Å². The van der Waals surface area contributed by atoms with Gasteiger partial charge in [0.15, 0.2) is 0 Å². The van der Waals surface area contributed by atoms with Gasteiger partial charge in [0, 0.05) is 29.8 Å². The number of aromatic amines is 1. The number of methoxy groups -OCH3 is 1. The molecule has 4 rings (SSSR count). The number of rotatable bonds is 6. The Labute approximate surface area is 181 Å². The Bertz CT molecular complexity index is 1120. The van der Waals surface area contributed by atoms with Crippen molar-refractivity contribution < 1.29 is 9.53 Å². The van der Waals surface area contributed by atoms with E-state index >= 15 is 0 Å². The van der Waals surface area contributed by atoms with E-state index in [1.165, 1.54) is 0 Å². The number of hydrogen-bond acceptors (Lipinski definition) is 4. The minimum Gasteiger partial charge on any atom is -0.496 e. The molecule has 2 heterocycles. The third-order valence-electron chi connectivity index (χ3n) is 5.89. The largest absolute Gasteiger partial charge is 0.496 e. The fourth-order valence-corrected chi connectivity index (χ4v) is 4.26. The molecular weight excluding hydrogens is 390 g/mol. The molecule has 1 aliphatic heterocycles. The highest BCUT2D eigenvalue weighted by molar-refractivity contribution is 5.80. The molecule has 1 amide bonds.